The predicted molar refractivity (Wildman–Crippen MR) is 78.5 cm³/mol. The summed E-state index contributed by atoms with van der Waals surface area (Å²) in [5, 5.41) is 3.81. The van der Waals surface area contributed by atoms with Crippen molar-refractivity contribution in [2.75, 3.05) is 20.2 Å². The van der Waals surface area contributed by atoms with Crippen LogP contribution in [-0.4, -0.2) is 49.2 Å². The van der Waals surface area contributed by atoms with Crippen molar-refractivity contribution in [1.82, 2.24) is 10.2 Å². The number of carbonyl (C=O) groups is 1. The molecule has 0 spiro atoms. The van der Waals surface area contributed by atoms with E-state index in [4.69, 9.17) is 4.74 Å². The lowest BCUT2D eigenvalue weighted by molar-refractivity contribution is -0.133. The van der Waals surface area contributed by atoms with Crippen LogP contribution in [0.1, 0.15) is 51.4 Å². The third kappa shape index (κ3) is 3.53. The molecule has 0 aromatic rings. The second-order valence-electron chi connectivity index (χ2n) is 6.75. The number of ether oxygens (including phenoxy) is 1. The van der Waals surface area contributed by atoms with Crippen molar-refractivity contribution in [3.05, 3.63) is 0 Å². The van der Waals surface area contributed by atoms with E-state index >= 15 is 0 Å². The quantitative estimate of drug-likeness (QED) is 0.855. The number of hydrogen-bond donors (Lipinski definition) is 1. The topological polar surface area (TPSA) is 41.6 Å². The van der Waals surface area contributed by atoms with Gasteiger partial charge >= 0.3 is 0 Å². The molecule has 0 bridgehead atoms. The molecule has 114 valence electrons. The van der Waals surface area contributed by atoms with Crippen LogP contribution in [0.25, 0.3) is 0 Å². The Balaban J connectivity index is 1.37. The maximum absolute atomic E-state index is 12.0. The van der Waals surface area contributed by atoms with Crippen molar-refractivity contribution in [2.24, 2.45) is 5.92 Å². The lowest BCUT2D eigenvalue weighted by Gasteiger charge is -2.36. The number of rotatable bonds is 4. The molecule has 0 atom stereocenters. The highest BCUT2D eigenvalue weighted by Gasteiger charge is 2.35. The molecule has 1 amide bonds. The first-order chi connectivity index (χ1) is 9.76. The van der Waals surface area contributed by atoms with Gasteiger partial charge in [0.25, 0.3) is 0 Å². The van der Waals surface area contributed by atoms with E-state index in [2.05, 4.69) is 10.2 Å². The summed E-state index contributed by atoms with van der Waals surface area (Å²) in [5.41, 5.74) is 0. The van der Waals surface area contributed by atoms with Crippen LogP contribution >= 0.6 is 0 Å². The first-order valence-electron chi connectivity index (χ1n) is 8.34. The number of hydrogen-bond acceptors (Lipinski definition) is 3. The first-order valence-corrected chi connectivity index (χ1v) is 8.34. The zero-order valence-electron chi connectivity index (χ0n) is 12.6. The molecule has 0 aromatic heterocycles. The molecule has 3 aliphatic rings. The third-order valence-corrected chi connectivity index (χ3v) is 5.21. The van der Waals surface area contributed by atoms with E-state index in [-0.39, 0.29) is 0 Å². The van der Waals surface area contributed by atoms with Crippen LogP contribution in [-0.2, 0) is 9.53 Å². The zero-order valence-corrected chi connectivity index (χ0v) is 12.6. The van der Waals surface area contributed by atoms with Crippen molar-refractivity contribution in [2.45, 2.75) is 69.6 Å². The van der Waals surface area contributed by atoms with E-state index in [1.54, 1.807) is 0 Å². The van der Waals surface area contributed by atoms with Gasteiger partial charge < -0.3 is 15.0 Å². The Bertz CT molecular complexity index is 327. The number of nitrogens with one attached hydrogen (secondary N) is 1. The summed E-state index contributed by atoms with van der Waals surface area (Å²) in [5.74, 6) is 0.799. The van der Waals surface area contributed by atoms with Crippen molar-refractivity contribution in [1.29, 1.82) is 0 Å². The van der Waals surface area contributed by atoms with Gasteiger partial charge in [-0.15, -0.1) is 0 Å². The van der Waals surface area contributed by atoms with Gasteiger partial charge in [-0.25, -0.2) is 0 Å². The Morgan fingerprint density at radius 2 is 1.55 bits per heavy atom. The van der Waals surface area contributed by atoms with Gasteiger partial charge in [0.1, 0.15) is 0 Å². The Morgan fingerprint density at radius 3 is 2.10 bits per heavy atom. The molecule has 4 nitrogen and oxygen atoms in total. The Hall–Kier alpha value is -0.610. The molecule has 0 radical (unpaired) electrons. The van der Waals surface area contributed by atoms with E-state index in [1.807, 2.05) is 7.11 Å². The standard InChI is InChI=1S/C16H28N2O2/c1-20-15-6-4-13(5-7-15)17-14-8-10-18(11-9-14)16(19)12-2-3-12/h12-15,17H,2-11H2,1H3. The molecule has 0 aromatic carbocycles. The monoisotopic (exact) mass is 280 g/mol. The highest BCUT2D eigenvalue weighted by molar-refractivity contribution is 5.81. The molecule has 20 heavy (non-hydrogen) atoms. The minimum Gasteiger partial charge on any atom is -0.381 e. The molecule has 4 heteroatoms. The smallest absolute Gasteiger partial charge is 0.225 e. The van der Waals surface area contributed by atoms with Gasteiger partial charge in [-0.1, -0.05) is 0 Å². The third-order valence-electron chi connectivity index (χ3n) is 5.21. The molecular weight excluding hydrogens is 252 g/mol. The minimum atomic E-state index is 0.379. The van der Waals surface area contributed by atoms with E-state index in [0.717, 1.165) is 38.8 Å². The largest absolute Gasteiger partial charge is 0.381 e. The van der Waals surface area contributed by atoms with E-state index in [1.165, 1.54) is 25.7 Å². The molecule has 1 saturated heterocycles. The highest BCUT2D eigenvalue weighted by atomic mass is 16.5. The summed E-state index contributed by atoms with van der Waals surface area (Å²) < 4.78 is 5.43. The molecule has 2 aliphatic carbocycles. The van der Waals surface area contributed by atoms with Gasteiger partial charge in [0.05, 0.1) is 6.10 Å². The number of likely N-dealkylation sites (tertiary alicyclic amines) is 1. The molecule has 1 N–H and O–H groups in total. The van der Waals surface area contributed by atoms with Gasteiger partial charge in [-0.2, -0.15) is 0 Å². The average Bonchev–Trinajstić information content (AvgIpc) is 3.33. The molecular formula is C16H28N2O2. The summed E-state index contributed by atoms with van der Waals surface area (Å²) in [6.07, 6.45) is 9.83. The zero-order chi connectivity index (χ0) is 13.9. The molecule has 1 heterocycles. The van der Waals surface area contributed by atoms with Crippen LogP contribution < -0.4 is 5.32 Å². The maximum Gasteiger partial charge on any atom is 0.225 e. The van der Waals surface area contributed by atoms with Crippen molar-refractivity contribution in [3.63, 3.8) is 0 Å². The lowest BCUT2D eigenvalue weighted by atomic mass is 9.91. The van der Waals surface area contributed by atoms with Crippen LogP contribution in [0.3, 0.4) is 0 Å². The predicted octanol–water partition coefficient (Wildman–Crippen LogP) is 1.93. The summed E-state index contributed by atoms with van der Waals surface area (Å²) in [4.78, 5) is 14.1. The lowest BCUT2D eigenvalue weighted by Crippen LogP contribution is -2.49. The Morgan fingerprint density at radius 1 is 0.950 bits per heavy atom. The molecule has 3 rings (SSSR count). The molecule has 1 aliphatic heterocycles. The molecule has 3 fully saturated rings. The fourth-order valence-electron chi connectivity index (χ4n) is 3.65. The van der Waals surface area contributed by atoms with Gasteiger partial charge in [0, 0.05) is 38.2 Å². The first kappa shape index (κ1) is 14.3. The van der Waals surface area contributed by atoms with E-state index in [9.17, 15) is 4.79 Å². The normalized spacial score (nSPS) is 32.4. The number of amides is 1. The fraction of sp³-hybridized carbons (Fsp3) is 0.938. The van der Waals surface area contributed by atoms with Crippen LogP contribution in [0, 0.1) is 5.92 Å². The van der Waals surface area contributed by atoms with Crippen LogP contribution in [0.4, 0.5) is 0 Å². The van der Waals surface area contributed by atoms with E-state index < -0.39 is 0 Å². The van der Waals surface area contributed by atoms with Crippen LogP contribution in [0.2, 0.25) is 0 Å². The second-order valence-corrected chi connectivity index (χ2v) is 6.75. The number of carbonyl (C=O) groups excluding carboxylic acids is 1. The summed E-state index contributed by atoms with van der Waals surface area (Å²) >= 11 is 0. The Labute approximate surface area is 122 Å². The van der Waals surface area contributed by atoms with Gasteiger partial charge in [-0.05, 0) is 51.4 Å². The summed E-state index contributed by atoms with van der Waals surface area (Å²) in [6.45, 7) is 1.92. The van der Waals surface area contributed by atoms with Crippen LogP contribution in [0.15, 0.2) is 0 Å². The highest BCUT2D eigenvalue weighted by Crippen LogP contribution is 2.32. The molecule has 0 unspecified atom stereocenters. The van der Waals surface area contributed by atoms with Crippen molar-refractivity contribution < 1.29 is 9.53 Å². The average molecular weight is 280 g/mol. The maximum atomic E-state index is 12.0. The Kier molecular flexibility index (Phi) is 4.61. The van der Waals surface area contributed by atoms with Crippen molar-refractivity contribution in [3.8, 4) is 0 Å². The summed E-state index contributed by atoms with van der Waals surface area (Å²) in [6, 6.07) is 1.28. The van der Waals surface area contributed by atoms with Crippen molar-refractivity contribution >= 4 is 5.91 Å². The second kappa shape index (κ2) is 6.44. The fourth-order valence-corrected chi connectivity index (χ4v) is 3.65. The number of piperidine rings is 1. The van der Waals surface area contributed by atoms with Gasteiger partial charge in [0.2, 0.25) is 5.91 Å². The van der Waals surface area contributed by atoms with Gasteiger partial charge in [0.15, 0.2) is 0 Å². The van der Waals surface area contributed by atoms with E-state index in [0.29, 0.717) is 30.0 Å². The minimum absolute atomic E-state index is 0.379. The SMILES string of the molecule is COC1CCC(NC2CCN(C(=O)C3CC3)CC2)CC1. The number of methoxy groups -OCH3 is 1. The van der Waals surface area contributed by atoms with Gasteiger partial charge in [-0.3, -0.25) is 4.79 Å². The van der Waals surface area contributed by atoms with Crippen LogP contribution in [0.5, 0.6) is 0 Å². The number of nitrogens with zero attached hydrogens (tertiary/aromatic N) is 1. The summed E-state index contributed by atoms with van der Waals surface area (Å²) in [7, 11) is 1.82. The molecule has 2 saturated carbocycles.